The van der Waals surface area contributed by atoms with E-state index in [1.807, 2.05) is 12.9 Å². The number of allylic oxidation sites excluding steroid dienone is 1. The number of aliphatic hydroxyl groups is 1. The summed E-state index contributed by atoms with van der Waals surface area (Å²) in [6, 6.07) is 10.5. The van der Waals surface area contributed by atoms with Crippen molar-refractivity contribution >= 4 is 12.6 Å². The number of methoxy groups -OCH3 is 1. The number of rotatable bonds is 13. The molecule has 0 aliphatic heterocycles. The second-order valence-electron chi connectivity index (χ2n) is 9.69. The van der Waals surface area contributed by atoms with E-state index in [2.05, 4.69) is 44.7 Å². The molecule has 194 valence electrons. The fourth-order valence-electron chi connectivity index (χ4n) is 4.86. The van der Waals surface area contributed by atoms with Crippen molar-refractivity contribution in [3.8, 4) is 0 Å². The van der Waals surface area contributed by atoms with Crippen molar-refractivity contribution in [1.29, 1.82) is 0 Å². The van der Waals surface area contributed by atoms with E-state index >= 15 is 0 Å². The largest absolute Gasteiger partial charge is 0.513 e. The highest BCUT2D eigenvalue weighted by molar-refractivity contribution is 5.75. The summed E-state index contributed by atoms with van der Waals surface area (Å²) in [5, 5.41) is 9.37. The van der Waals surface area contributed by atoms with Gasteiger partial charge >= 0.3 is 0 Å². The first-order chi connectivity index (χ1) is 16.4. The van der Waals surface area contributed by atoms with E-state index in [1.165, 1.54) is 44.1 Å². The molecule has 1 aliphatic carbocycles. The number of ether oxygens (including phenoxy) is 1. The lowest BCUT2D eigenvalue weighted by atomic mass is 9.75. The van der Waals surface area contributed by atoms with Gasteiger partial charge in [-0.15, -0.1) is 0 Å². The van der Waals surface area contributed by atoms with Crippen LogP contribution >= 0.6 is 0 Å². The second-order valence-corrected chi connectivity index (χ2v) is 9.69. The van der Waals surface area contributed by atoms with Crippen LogP contribution in [0.3, 0.4) is 0 Å². The van der Waals surface area contributed by atoms with E-state index in [-0.39, 0.29) is 17.8 Å². The number of aryl methyl sites for hydroxylation is 1. The zero-order valence-electron chi connectivity index (χ0n) is 22.3. The van der Waals surface area contributed by atoms with Gasteiger partial charge in [0.25, 0.3) is 0 Å². The first-order valence-electron chi connectivity index (χ1n) is 13.1. The van der Waals surface area contributed by atoms with Crippen LogP contribution in [0.1, 0.15) is 97.0 Å². The number of aliphatic hydroxyl groups excluding tert-OH is 1. The van der Waals surface area contributed by atoms with Gasteiger partial charge in [-0.1, -0.05) is 95.7 Å². The maximum absolute atomic E-state index is 11.0. The average molecular weight is 475 g/mol. The van der Waals surface area contributed by atoms with Crippen LogP contribution in [0.4, 0.5) is 0 Å². The van der Waals surface area contributed by atoms with Crippen molar-refractivity contribution in [3.63, 3.8) is 0 Å². The number of Topliss-reactive ketones (excluding diaryl/α,β-unsaturated/α-hetero) is 1. The van der Waals surface area contributed by atoms with Crippen LogP contribution in [-0.2, 0) is 20.7 Å². The summed E-state index contributed by atoms with van der Waals surface area (Å²) in [5.74, 6) is 2.55. The van der Waals surface area contributed by atoms with Crippen LogP contribution in [0.2, 0.25) is 0 Å². The number of hydrogen-bond donors (Lipinski definition) is 1. The molecule has 34 heavy (non-hydrogen) atoms. The highest BCUT2D eigenvalue weighted by atomic mass is 16.5. The third-order valence-corrected chi connectivity index (χ3v) is 7.00. The molecule has 2 rings (SSSR count). The SMILES string of the molecule is C=C(O)C(C)CC(CC)C1CCCCC1.C=O.COC(CCCCc1ccccc1)CC(C)=O. The van der Waals surface area contributed by atoms with Crippen LogP contribution in [0, 0.1) is 17.8 Å². The fourth-order valence-corrected chi connectivity index (χ4v) is 4.86. The Bertz CT molecular complexity index is 636. The minimum absolute atomic E-state index is 0.100. The molecular formula is C30H50O4. The van der Waals surface area contributed by atoms with Gasteiger partial charge in [-0.3, -0.25) is 4.79 Å². The monoisotopic (exact) mass is 474 g/mol. The Morgan fingerprint density at radius 3 is 2.24 bits per heavy atom. The third kappa shape index (κ3) is 15.1. The highest BCUT2D eigenvalue weighted by Gasteiger charge is 2.24. The minimum atomic E-state index is 0.100. The number of carbonyl (C=O) groups excluding carboxylic acids is 2. The van der Waals surface area contributed by atoms with Crippen molar-refractivity contribution in [2.45, 2.75) is 104 Å². The maximum Gasteiger partial charge on any atom is 0.132 e. The van der Waals surface area contributed by atoms with Gasteiger partial charge in [0.1, 0.15) is 12.6 Å². The molecule has 4 nitrogen and oxygen atoms in total. The topological polar surface area (TPSA) is 63.6 Å². The summed E-state index contributed by atoms with van der Waals surface area (Å²) in [5.41, 5.74) is 1.38. The Hall–Kier alpha value is -1.94. The van der Waals surface area contributed by atoms with Gasteiger partial charge in [-0.05, 0) is 50.0 Å². The van der Waals surface area contributed by atoms with E-state index in [9.17, 15) is 9.90 Å². The first kappa shape index (κ1) is 32.1. The van der Waals surface area contributed by atoms with E-state index in [0.717, 1.165) is 43.9 Å². The normalized spacial score (nSPS) is 16.1. The van der Waals surface area contributed by atoms with Gasteiger partial charge in [0.05, 0.1) is 11.9 Å². The smallest absolute Gasteiger partial charge is 0.132 e. The zero-order valence-corrected chi connectivity index (χ0v) is 22.3. The van der Waals surface area contributed by atoms with Crippen LogP contribution in [-0.4, -0.2) is 30.9 Å². The molecule has 1 aromatic rings. The second kappa shape index (κ2) is 20.4. The minimum Gasteiger partial charge on any atom is -0.513 e. The van der Waals surface area contributed by atoms with Gasteiger partial charge in [0, 0.05) is 19.4 Å². The summed E-state index contributed by atoms with van der Waals surface area (Å²) < 4.78 is 5.29. The van der Waals surface area contributed by atoms with Crippen molar-refractivity contribution in [3.05, 3.63) is 48.2 Å². The lowest BCUT2D eigenvalue weighted by Crippen LogP contribution is -2.20. The Morgan fingerprint density at radius 2 is 1.74 bits per heavy atom. The quantitative estimate of drug-likeness (QED) is 0.233. The number of carbonyl (C=O) groups is 2. The Morgan fingerprint density at radius 1 is 1.12 bits per heavy atom. The maximum atomic E-state index is 11.0. The fraction of sp³-hybridized carbons (Fsp3) is 0.667. The van der Waals surface area contributed by atoms with Gasteiger partial charge in [-0.25, -0.2) is 0 Å². The van der Waals surface area contributed by atoms with Gasteiger partial charge < -0.3 is 14.6 Å². The third-order valence-electron chi connectivity index (χ3n) is 7.00. The van der Waals surface area contributed by atoms with Crippen molar-refractivity contribution < 1.29 is 19.4 Å². The molecule has 0 spiro atoms. The zero-order chi connectivity index (χ0) is 25.8. The van der Waals surface area contributed by atoms with Crippen molar-refractivity contribution in [2.24, 2.45) is 17.8 Å². The molecule has 1 N–H and O–H groups in total. The van der Waals surface area contributed by atoms with E-state index in [1.54, 1.807) is 14.0 Å². The molecule has 1 fully saturated rings. The molecule has 4 heteroatoms. The summed E-state index contributed by atoms with van der Waals surface area (Å²) in [7, 11) is 1.69. The molecule has 0 amide bonds. The molecule has 0 bridgehead atoms. The number of benzene rings is 1. The number of unbranched alkanes of at least 4 members (excludes halogenated alkanes) is 1. The lowest BCUT2D eigenvalue weighted by Gasteiger charge is -2.31. The van der Waals surface area contributed by atoms with E-state index in [4.69, 9.17) is 9.53 Å². The van der Waals surface area contributed by atoms with Crippen LogP contribution in [0.5, 0.6) is 0 Å². The summed E-state index contributed by atoms with van der Waals surface area (Å²) in [6.45, 7) is 11.6. The molecule has 1 aliphatic rings. The summed E-state index contributed by atoms with van der Waals surface area (Å²) in [4.78, 5) is 19.0. The predicted molar refractivity (Wildman–Crippen MR) is 143 cm³/mol. The summed E-state index contributed by atoms with van der Waals surface area (Å²) in [6.07, 6.45) is 14.4. The van der Waals surface area contributed by atoms with E-state index < -0.39 is 0 Å². The lowest BCUT2D eigenvalue weighted by molar-refractivity contribution is -0.119. The van der Waals surface area contributed by atoms with Gasteiger partial charge in [-0.2, -0.15) is 0 Å². The van der Waals surface area contributed by atoms with Gasteiger partial charge in [0.15, 0.2) is 0 Å². The Balaban J connectivity index is 0.000000601. The molecule has 3 unspecified atom stereocenters. The number of ketones is 1. The Labute approximate surface area is 209 Å². The van der Waals surface area contributed by atoms with Crippen LogP contribution < -0.4 is 0 Å². The van der Waals surface area contributed by atoms with Crippen LogP contribution in [0.25, 0.3) is 0 Å². The standard InChI is InChI=1S/C15H22O2.C14H26O.CH2O/c1-13(16)12-15(17-2)11-7-6-10-14-8-4-3-5-9-14;1-4-13(10-11(2)12(3)15)14-8-6-5-7-9-14;1-2/h3-5,8-9,15H,6-7,10-12H2,1-2H3;11,13-15H,3-10H2,1-2H3;1H2. The molecule has 1 saturated carbocycles. The molecular weight excluding hydrogens is 424 g/mol. The van der Waals surface area contributed by atoms with Gasteiger partial charge in [0.2, 0.25) is 0 Å². The highest BCUT2D eigenvalue weighted by Crippen LogP contribution is 2.35. The van der Waals surface area contributed by atoms with Crippen molar-refractivity contribution in [2.75, 3.05) is 7.11 Å². The Kier molecular flexibility index (Phi) is 19.3. The molecule has 0 aromatic heterocycles. The molecule has 3 atom stereocenters. The molecule has 1 aromatic carbocycles. The molecule has 0 radical (unpaired) electrons. The summed E-state index contributed by atoms with van der Waals surface area (Å²) >= 11 is 0. The van der Waals surface area contributed by atoms with Crippen molar-refractivity contribution in [1.82, 2.24) is 0 Å². The molecule has 0 heterocycles. The first-order valence-corrected chi connectivity index (χ1v) is 13.1. The number of hydrogen-bond acceptors (Lipinski definition) is 4. The average Bonchev–Trinajstić information content (AvgIpc) is 2.86. The molecule has 0 saturated heterocycles. The predicted octanol–water partition coefficient (Wildman–Crippen LogP) is 7.90. The van der Waals surface area contributed by atoms with Crippen LogP contribution in [0.15, 0.2) is 42.7 Å². The van der Waals surface area contributed by atoms with E-state index in [0.29, 0.717) is 12.2 Å².